The number of hydrogen-bond donors (Lipinski definition) is 1. The minimum Gasteiger partial charge on any atom is -0.393 e. The van der Waals surface area contributed by atoms with Gasteiger partial charge in [-0.05, 0) is 26.2 Å². The lowest BCUT2D eigenvalue weighted by Crippen LogP contribution is -2.30. The van der Waals surface area contributed by atoms with Gasteiger partial charge in [-0.1, -0.05) is 26.7 Å². The molecule has 1 aliphatic rings. The third-order valence-electron chi connectivity index (χ3n) is 3.62. The lowest BCUT2D eigenvalue weighted by molar-refractivity contribution is 0.0204. The van der Waals surface area contributed by atoms with Crippen molar-refractivity contribution in [2.75, 3.05) is 0 Å². The molecule has 1 aliphatic heterocycles. The Morgan fingerprint density at radius 2 is 1.86 bits per heavy atom. The largest absolute Gasteiger partial charge is 0.393 e. The lowest BCUT2D eigenvalue weighted by Gasteiger charge is -2.24. The molecule has 2 nitrogen and oxygen atoms in total. The van der Waals surface area contributed by atoms with Gasteiger partial charge in [-0.25, -0.2) is 0 Å². The third kappa shape index (κ3) is 2.48. The standard InChI is InChI=1S/C12H24O2/c1-5-6-7-11(13)12-8(2)9(3)14-10(12)4/h8-13H,5-7H2,1-4H3. The van der Waals surface area contributed by atoms with E-state index in [1.165, 1.54) is 0 Å². The minimum absolute atomic E-state index is 0.176. The minimum atomic E-state index is -0.176. The second-order valence-corrected chi connectivity index (χ2v) is 4.69. The predicted octanol–water partition coefficient (Wildman–Crippen LogP) is 2.60. The van der Waals surface area contributed by atoms with Crippen LogP contribution in [0.3, 0.4) is 0 Å². The van der Waals surface area contributed by atoms with Crippen LogP contribution in [0.2, 0.25) is 0 Å². The van der Waals surface area contributed by atoms with Gasteiger partial charge in [0.05, 0.1) is 18.3 Å². The van der Waals surface area contributed by atoms with E-state index in [0.29, 0.717) is 17.9 Å². The highest BCUT2D eigenvalue weighted by molar-refractivity contribution is 4.88. The van der Waals surface area contributed by atoms with E-state index in [9.17, 15) is 5.11 Å². The maximum absolute atomic E-state index is 10.1. The van der Waals surface area contributed by atoms with E-state index < -0.39 is 0 Å². The highest BCUT2D eigenvalue weighted by Gasteiger charge is 2.40. The number of aliphatic hydroxyl groups excluding tert-OH is 1. The molecule has 0 aliphatic carbocycles. The van der Waals surface area contributed by atoms with Gasteiger partial charge in [-0.2, -0.15) is 0 Å². The maximum atomic E-state index is 10.1. The van der Waals surface area contributed by atoms with Gasteiger partial charge in [-0.3, -0.25) is 0 Å². The fourth-order valence-corrected chi connectivity index (χ4v) is 2.56. The van der Waals surface area contributed by atoms with Crippen LogP contribution >= 0.6 is 0 Å². The molecule has 1 rings (SSSR count). The van der Waals surface area contributed by atoms with Crippen molar-refractivity contribution >= 4 is 0 Å². The van der Waals surface area contributed by atoms with Crippen LogP contribution in [0.1, 0.15) is 47.0 Å². The first kappa shape index (κ1) is 12.0. The van der Waals surface area contributed by atoms with E-state index in [4.69, 9.17) is 4.74 Å². The molecule has 1 N–H and O–H groups in total. The van der Waals surface area contributed by atoms with Crippen LogP contribution in [0, 0.1) is 11.8 Å². The van der Waals surface area contributed by atoms with Gasteiger partial charge < -0.3 is 9.84 Å². The van der Waals surface area contributed by atoms with Gasteiger partial charge in [0.1, 0.15) is 0 Å². The normalized spacial score (nSPS) is 40.1. The average Bonchev–Trinajstić information content (AvgIpc) is 2.38. The molecular weight excluding hydrogens is 176 g/mol. The van der Waals surface area contributed by atoms with Crippen LogP contribution in [-0.2, 0) is 4.74 Å². The smallest absolute Gasteiger partial charge is 0.0607 e. The fourth-order valence-electron chi connectivity index (χ4n) is 2.56. The first-order valence-corrected chi connectivity index (χ1v) is 5.91. The van der Waals surface area contributed by atoms with Gasteiger partial charge in [0, 0.05) is 5.92 Å². The van der Waals surface area contributed by atoms with E-state index in [2.05, 4.69) is 27.7 Å². The summed E-state index contributed by atoms with van der Waals surface area (Å²) in [7, 11) is 0. The quantitative estimate of drug-likeness (QED) is 0.756. The lowest BCUT2D eigenvalue weighted by atomic mass is 9.83. The zero-order valence-electron chi connectivity index (χ0n) is 9.86. The molecule has 1 saturated heterocycles. The topological polar surface area (TPSA) is 29.5 Å². The van der Waals surface area contributed by atoms with Crippen molar-refractivity contribution in [3.05, 3.63) is 0 Å². The first-order chi connectivity index (χ1) is 6.57. The summed E-state index contributed by atoms with van der Waals surface area (Å²) >= 11 is 0. The van der Waals surface area contributed by atoms with Crippen molar-refractivity contribution in [3.63, 3.8) is 0 Å². The second-order valence-electron chi connectivity index (χ2n) is 4.69. The van der Waals surface area contributed by atoms with Crippen molar-refractivity contribution in [3.8, 4) is 0 Å². The molecule has 14 heavy (non-hydrogen) atoms. The van der Waals surface area contributed by atoms with Gasteiger partial charge in [0.2, 0.25) is 0 Å². The molecular formula is C12H24O2. The second kappa shape index (κ2) is 5.13. The molecule has 0 bridgehead atoms. The summed E-state index contributed by atoms with van der Waals surface area (Å²) in [5.74, 6) is 0.813. The Kier molecular flexibility index (Phi) is 4.39. The van der Waals surface area contributed by atoms with E-state index >= 15 is 0 Å². The van der Waals surface area contributed by atoms with E-state index in [0.717, 1.165) is 19.3 Å². The molecule has 0 radical (unpaired) electrons. The molecule has 0 aromatic rings. The molecule has 0 aromatic heterocycles. The van der Waals surface area contributed by atoms with Crippen LogP contribution in [0.5, 0.6) is 0 Å². The number of hydrogen-bond acceptors (Lipinski definition) is 2. The van der Waals surface area contributed by atoms with Crippen molar-refractivity contribution in [2.24, 2.45) is 11.8 Å². The highest BCUT2D eigenvalue weighted by atomic mass is 16.5. The third-order valence-corrected chi connectivity index (χ3v) is 3.62. The number of unbranched alkanes of at least 4 members (excludes halogenated alkanes) is 1. The van der Waals surface area contributed by atoms with E-state index in [1.807, 2.05) is 0 Å². The Hall–Kier alpha value is -0.0800. The fraction of sp³-hybridized carbons (Fsp3) is 1.00. The summed E-state index contributed by atoms with van der Waals surface area (Å²) in [6.07, 6.45) is 3.53. The van der Waals surface area contributed by atoms with Gasteiger partial charge in [0.25, 0.3) is 0 Å². The summed E-state index contributed by atoms with van der Waals surface area (Å²) in [5.41, 5.74) is 0. The molecule has 0 amide bonds. The zero-order chi connectivity index (χ0) is 10.7. The van der Waals surface area contributed by atoms with E-state index in [1.54, 1.807) is 0 Å². The van der Waals surface area contributed by atoms with Crippen LogP contribution < -0.4 is 0 Å². The van der Waals surface area contributed by atoms with Gasteiger partial charge in [-0.15, -0.1) is 0 Å². The molecule has 0 saturated carbocycles. The molecule has 1 fully saturated rings. The Morgan fingerprint density at radius 1 is 1.21 bits per heavy atom. The predicted molar refractivity (Wildman–Crippen MR) is 58.2 cm³/mol. The maximum Gasteiger partial charge on any atom is 0.0607 e. The number of rotatable bonds is 4. The molecule has 5 atom stereocenters. The zero-order valence-corrected chi connectivity index (χ0v) is 9.86. The van der Waals surface area contributed by atoms with Gasteiger partial charge in [0.15, 0.2) is 0 Å². The van der Waals surface area contributed by atoms with Crippen molar-refractivity contribution in [1.82, 2.24) is 0 Å². The molecule has 0 aromatic carbocycles. The number of aliphatic hydroxyl groups is 1. The van der Waals surface area contributed by atoms with Crippen molar-refractivity contribution < 1.29 is 9.84 Å². The monoisotopic (exact) mass is 200 g/mol. The summed E-state index contributed by atoms with van der Waals surface area (Å²) < 4.78 is 5.73. The molecule has 2 heteroatoms. The SMILES string of the molecule is CCCCC(O)C1C(C)OC(C)C1C. The Labute approximate surface area is 87.7 Å². The molecule has 1 heterocycles. The summed E-state index contributed by atoms with van der Waals surface area (Å²) in [5, 5.41) is 10.1. The molecule has 0 spiro atoms. The summed E-state index contributed by atoms with van der Waals surface area (Å²) in [6.45, 7) is 8.54. The van der Waals surface area contributed by atoms with Crippen LogP contribution in [0.4, 0.5) is 0 Å². The Bertz CT molecular complexity index is 170. The summed E-state index contributed by atoms with van der Waals surface area (Å²) in [6, 6.07) is 0. The van der Waals surface area contributed by atoms with Crippen LogP contribution in [0.25, 0.3) is 0 Å². The van der Waals surface area contributed by atoms with E-state index in [-0.39, 0.29) is 12.2 Å². The van der Waals surface area contributed by atoms with Crippen LogP contribution in [-0.4, -0.2) is 23.4 Å². The Balaban J connectivity index is 2.49. The summed E-state index contributed by atoms with van der Waals surface area (Å²) in [4.78, 5) is 0. The molecule has 84 valence electrons. The Morgan fingerprint density at radius 3 is 2.29 bits per heavy atom. The van der Waals surface area contributed by atoms with Crippen molar-refractivity contribution in [1.29, 1.82) is 0 Å². The average molecular weight is 200 g/mol. The highest BCUT2D eigenvalue weighted by Crippen LogP contribution is 2.35. The van der Waals surface area contributed by atoms with Crippen LogP contribution in [0.15, 0.2) is 0 Å². The van der Waals surface area contributed by atoms with Crippen molar-refractivity contribution in [2.45, 2.75) is 65.3 Å². The molecule has 5 unspecified atom stereocenters. The van der Waals surface area contributed by atoms with Gasteiger partial charge >= 0.3 is 0 Å². The number of ether oxygens (including phenoxy) is 1. The first-order valence-electron chi connectivity index (χ1n) is 5.91.